The predicted octanol–water partition coefficient (Wildman–Crippen LogP) is 3.58. The van der Waals surface area contributed by atoms with E-state index in [1.807, 2.05) is 38.9 Å². The van der Waals surface area contributed by atoms with Crippen LogP contribution >= 0.6 is 11.6 Å². The van der Waals surface area contributed by atoms with Crippen LogP contribution in [0.2, 0.25) is 5.02 Å². The van der Waals surface area contributed by atoms with Crippen LogP contribution in [0, 0.1) is 13.8 Å². The van der Waals surface area contributed by atoms with Gasteiger partial charge in [-0.15, -0.1) is 0 Å². The van der Waals surface area contributed by atoms with Crippen LogP contribution in [-0.4, -0.2) is 46.9 Å². The highest BCUT2D eigenvalue weighted by Gasteiger charge is 2.16. The SMILES string of the molecule is COc1ccc(Cl)cc1NC(=O)CCc1c(C)nn(-c2cc(N(C)C)ncn2)c1C. The largest absolute Gasteiger partial charge is 0.495 e. The van der Waals surface area contributed by atoms with Gasteiger partial charge in [-0.2, -0.15) is 5.10 Å². The van der Waals surface area contributed by atoms with Crippen molar-refractivity contribution in [3.63, 3.8) is 0 Å². The van der Waals surface area contributed by atoms with Gasteiger partial charge in [0.15, 0.2) is 5.82 Å². The van der Waals surface area contributed by atoms with E-state index < -0.39 is 0 Å². The first kappa shape index (κ1) is 21.6. The highest BCUT2D eigenvalue weighted by atomic mass is 35.5. The minimum atomic E-state index is -0.126. The maximum absolute atomic E-state index is 12.5. The fourth-order valence-electron chi connectivity index (χ4n) is 3.19. The summed E-state index contributed by atoms with van der Waals surface area (Å²) in [7, 11) is 5.40. The van der Waals surface area contributed by atoms with Crippen LogP contribution in [0.15, 0.2) is 30.6 Å². The number of hydrogen-bond acceptors (Lipinski definition) is 6. The molecule has 0 bridgehead atoms. The molecule has 1 N–H and O–H groups in total. The quantitative estimate of drug-likeness (QED) is 0.619. The lowest BCUT2D eigenvalue weighted by molar-refractivity contribution is -0.116. The summed E-state index contributed by atoms with van der Waals surface area (Å²) in [5.41, 5.74) is 3.39. The maximum Gasteiger partial charge on any atom is 0.224 e. The van der Waals surface area contributed by atoms with E-state index >= 15 is 0 Å². The summed E-state index contributed by atoms with van der Waals surface area (Å²) >= 11 is 6.03. The molecule has 0 saturated carbocycles. The number of aromatic nitrogens is 4. The molecule has 1 amide bonds. The van der Waals surface area contributed by atoms with E-state index in [9.17, 15) is 4.79 Å². The van der Waals surface area contributed by atoms with Crippen LogP contribution in [0.25, 0.3) is 5.82 Å². The van der Waals surface area contributed by atoms with Crippen LogP contribution in [0.1, 0.15) is 23.4 Å². The van der Waals surface area contributed by atoms with Crippen molar-refractivity contribution in [2.75, 3.05) is 31.4 Å². The number of nitrogens with one attached hydrogen (secondary N) is 1. The lowest BCUT2D eigenvalue weighted by atomic mass is 10.1. The smallest absolute Gasteiger partial charge is 0.224 e. The number of amides is 1. The molecule has 3 aromatic rings. The Labute approximate surface area is 180 Å². The van der Waals surface area contributed by atoms with Crippen molar-refractivity contribution in [3.8, 4) is 11.6 Å². The van der Waals surface area contributed by atoms with E-state index in [2.05, 4.69) is 20.4 Å². The molecular formula is C21H25ClN6O2. The van der Waals surface area contributed by atoms with Crippen molar-refractivity contribution in [1.29, 1.82) is 0 Å². The minimum Gasteiger partial charge on any atom is -0.495 e. The van der Waals surface area contributed by atoms with E-state index in [0.29, 0.717) is 35.1 Å². The molecule has 158 valence electrons. The summed E-state index contributed by atoms with van der Waals surface area (Å²) in [6, 6.07) is 6.98. The minimum absolute atomic E-state index is 0.126. The number of nitrogens with zero attached hydrogens (tertiary/aromatic N) is 5. The molecular weight excluding hydrogens is 404 g/mol. The molecule has 0 aliphatic carbocycles. The number of anilines is 2. The second-order valence-electron chi connectivity index (χ2n) is 7.08. The third-order valence-corrected chi connectivity index (χ3v) is 5.03. The molecule has 30 heavy (non-hydrogen) atoms. The van der Waals surface area contributed by atoms with Crippen molar-refractivity contribution in [3.05, 3.63) is 52.6 Å². The Morgan fingerprint density at radius 1 is 1.23 bits per heavy atom. The summed E-state index contributed by atoms with van der Waals surface area (Å²) < 4.78 is 7.07. The summed E-state index contributed by atoms with van der Waals surface area (Å²) in [6.07, 6.45) is 2.38. The Bertz CT molecular complexity index is 1060. The highest BCUT2D eigenvalue weighted by Crippen LogP contribution is 2.28. The number of halogens is 1. The zero-order chi connectivity index (χ0) is 21.8. The van der Waals surface area contributed by atoms with Crippen LogP contribution in [-0.2, 0) is 11.2 Å². The molecule has 0 fully saturated rings. The second kappa shape index (κ2) is 9.13. The van der Waals surface area contributed by atoms with E-state index in [0.717, 1.165) is 22.8 Å². The average Bonchev–Trinajstić information content (AvgIpc) is 3.00. The first-order valence-electron chi connectivity index (χ1n) is 9.48. The van der Waals surface area contributed by atoms with E-state index in [4.69, 9.17) is 16.3 Å². The van der Waals surface area contributed by atoms with Crippen molar-refractivity contribution in [1.82, 2.24) is 19.7 Å². The predicted molar refractivity (Wildman–Crippen MR) is 118 cm³/mol. The molecule has 0 saturated heterocycles. The summed E-state index contributed by atoms with van der Waals surface area (Å²) in [6.45, 7) is 3.91. The Balaban J connectivity index is 1.75. The average molecular weight is 429 g/mol. The zero-order valence-electron chi connectivity index (χ0n) is 17.7. The number of rotatable bonds is 7. The number of aryl methyl sites for hydroxylation is 1. The second-order valence-corrected chi connectivity index (χ2v) is 7.52. The Morgan fingerprint density at radius 3 is 2.70 bits per heavy atom. The number of carbonyl (C=O) groups excluding carboxylic acids is 1. The van der Waals surface area contributed by atoms with Gasteiger partial charge < -0.3 is 15.0 Å². The van der Waals surface area contributed by atoms with E-state index in [-0.39, 0.29) is 5.91 Å². The molecule has 3 rings (SSSR count). The fourth-order valence-corrected chi connectivity index (χ4v) is 3.36. The van der Waals surface area contributed by atoms with E-state index in [1.54, 1.807) is 30.0 Å². The molecule has 0 aliphatic rings. The topological polar surface area (TPSA) is 85.2 Å². The number of carbonyl (C=O) groups is 1. The van der Waals surface area contributed by atoms with Crippen molar-refractivity contribution < 1.29 is 9.53 Å². The van der Waals surface area contributed by atoms with Crippen LogP contribution in [0.4, 0.5) is 11.5 Å². The van der Waals surface area contributed by atoms with Gasteiger partial charge in [-0.05, 0) is 44.0 Å². The number of methoxy groups -OCH3 is 1. The molecule has 0 radical (unpaired) electrons. The van der Waals surface area contributed by atoms with Crippen LogP contribution < -0.4 is 15.0 Å². The van der Waals surface area contributed by atoms with Crippen molar-refractivity contribution in [2.45, 2.75) is 26.7 Å². The molecule has 9 heteroatoms. The monoisotopic (exact) mass is 428 g/mol. The zero-order valence-corrected chi connectivity index (χ0v) is 18.5. The van der Waals surface area contributed by atoms with Gasteiger partial charge in [-0.1, -0.05) is 11.6 Å². The van der Waals surface area contributed by atoms with Gasteiger partial charge in [0.25, 0.3) is 0 Å². The Kier molecular flexibility index (Phi) is 6.56. The molecule has 8 nitrogen and oxygen atoms in total. The number of ether oxygens (including phenoxy) is 1. The lowest BCUT2D eigenvalue weighted by Gasteiger charge is -2.12. The van der Waals surface area contributed by atoms with Gasteiger partial charge >= 0.3 is 0 Å². The fraction of sp³-hybridized carbons (Fsp3) is 0.333. The van der Waals surface area contributed by atoms with Gasteiger partial charge in [-0.25, -0.2) is 14.6 Å². The number of benzene rings is 1. The molecule has 2 heterocycles. The van der Waals surface area contributed by atoms with Gasteiger partial charge in [0, 0.05) is 37.3 Å². The number of hydrogen-bond donors (Lipinski definition) is 1. The molecule has 0 atom stereocenters. The van der Waals surface area contributed by atoms with Gasteiger partial charge in [-0.3, -0.25) is 4.79 Å². The van der Waals surface area contributed by atoms with Gasteiger partial charge in [0.05, 0.1) is 18.5 Å². The molecule has 0 unspecified atom stereocenters. The van der Waals surface area contributed by atoms with Crippen LogP contribution in [0.5, 0.6) is 5.75 Å². The Morgan fingerprint density at radius 2 is 2.00 bits per heavy atom. The van der Waals surface area contributed by atoms with Gasteiger partial charge in [0.1, 0.15) is 17.9 Å². The molecule has 0 spiro atoms. The normalized spacial score (nSPS) is 10.7. The molecule has 0 aliphatic heterocycles. The first-order valence-corrected chi connectivity index (χ1v) is 9.86. The summed E-state index contributed by atoms with van der Waals surface area (Å²) in [4.78, 5) is 23.0. The Hall–Kier alpha value is -3.13. The third kappa shape index (κ3) is 4.71. The summed E-state index contributed by atoms with van der Waals surface area (Å²) in [5.74, 6) is 1.92. The first-order chi connectivity index (χ1) is 14.3. The van der Waals surface area contributed by atoms with Gasteiger partial charge in [0.2, 0.25) is 5.91 Å². The lowest BCUT2D eigenvalue weighted by Crippen LogP contribution is -2.14. The molecule has 2 aromatic heterocycles. The van der Waals surface area contributed by atoms with Crippen molar-refractivity contribution in [2.24, 2.45) is 0 Å². The maximum atomic E-state index is 12.5. The third-order valence-electron chi connectivity index (χ3n) is 4.79. The standard InChI is InChI=1S/C21H25ClN6O2/c1-13-16(7-9-21(29)25-17-10-15(22)6-8-18(17)30-5)14(2)28(26-13)20-11-19(27(3)4)23-12-24-20/h6,8,10-12H,7,9H2,1-5H3,(H,25,29). The van der Waals surface area contributed by atoms with Crippen LogP contribution in [0.3, 0.4) is 0 Å². The van der Waals surface area contributed by atoms with Crippen molar-refractivity contribution >= 4 is 29.0 Å². The van der Waals surface area contributed by atoms with E-state index in [1.165, 1.54) is 6.33 Å². The molecule has 1 aromatic carbocycles. The highest BCUT2D eigenvalue weighted by molar-refractivity contribution is 6.31. The summed E-state index contributed by atoms with van der Waals surface area (Å²) in [5, 5.41) is 8.02.